The van der Waals surface area contributed by atoms with E-state index >= 15 is 0 Å². The number of rotatable bonds is 5. The first kappa shape index (κ1) is 20.1. The third-order valence-corrected chi connectivity index (χ3v) is 7.73. The van der Waals surface area contributed by atoms with Crippen LogP contribution in [0, 0.1) is 29.6 Å². The van der Waals surface area contributed by atoms with Gasteiger partial charge in [-0.15, -0.1) is 11.3 Å². The number of ether oxygens (including phenoxy) is 1. The highest BCUT2D eigenvalue weighted by Gasteiger charge is 2.48. The number of carboxylic acid groups (broad SMARTS) is 1. The summed E-state index contributed by atoms with van der Waals surface area (Å²) >= 11 is 1.44. The van der Waals surface area contributed by atoms with E-state index < -0.39 is 23.8 Å². The van der Waals surface area contributed by atoms with Gasteiger partial charge in [0.25, 0.3) is 0 Å². The molecule has 156 valence electrons. The number of amides is 1. The highest BCUT2D eigenvalue weighted by Crippen LogP contribution is 2.46. The third-order valence-electron chi connectivity index (χ3n) is 6.56. The third kappa shape index (κ3) is 3.61. The van der Waals surface area contributed by atoms with Gasteiger partial charge in [0.2, 0.25) is 5.91 Å². The van der Waals surface area contributed by atoms with Gasteiger partial charge in [-0.3, -0.25) is 9.59 Å². The molecular formula is C22H27NO5S. The summed E-state index contributed by atoms with van der Waals surface area (Å²) in [6.07, 6.45) is 8.26. The van der Waals surface area contributed by atoms with Gasteiger partial charge in [-0.05, 0) is 62.3 Å². The molecule has 4 aliphatic rings. The number of fused-ring (bicyclic) bond motifs is 3. The Balaban J connectivity index is 1.65. The minimum Gasteiger partial charge on any atom is -0.481 e. The number of anilines is 1. The molecule has 29 heavy (non-hydrogen) atoms. The molecule has 7 heteroatoms. The molecule has 5 rings (SSSR count). The predicted octanol–water partition coefficient (Wildman–Crippen LogP) is 3.90. The van der Waals surface area contributed by atoms with E-state index in [1.54, 1.807) is 6.92 Å². The van der Waals surface area contributed by atoms with Gasteiger partial charge in [-0.1, -0.05) is 19.1 Å². The van der Waals surface area contributed by atoms with Crippen LogP contribution in [0.4, 0.5) is 5.00 Å². The second-order valence-corrected chi connectivity index (χ2v) is 9.55. The zero-order chi connectivity index (χ0) is 20.7. The Kier molecular flexibility index (Phi) is 5.51. The monoisotopic (exact) mass is 417 g/mol. The molecule has 1 heterocycles. The summed E-state index contributed by atoms with van der Waals surface area (Å²) < 4.78 is 5.27. The zero-order valence-corrected chi connectivity index (χ0v) is 17.6. The number of hydrogen-bond donors (Lipinski definition) is 2. The van der Waals surface area contributed by atoms with E-state index in [2.05, 4.69) is 12.2 Å². The number of carbonyl (C=O) groups is 3. The summed E-state index contributed by atoms with van der Waals surface area (Å²) in [5.74, 6) is -2.58. The molecule has 1 saturated carbocycles. The van der Waals surface area contributed by atoms with E-state index in [1.807, 2.05) is 12.2 Å². The standard InChI is InChI=1S/C22H27NO5S/c1-3-28-22(27)18-14-9-4-11(2)10-15(14)29-20(18)23-19(24)16-12-5-7-13(8-6-12)17(16)21(25)26/h5,7,11-13,16-17H,3-4,6,8-10H2,1-2H3,(H,23,24)(H,25,26)/t11-,12+,13+,16-,17-/m1/s1. The van der Waals surface area contributed by atoms with E-state index in [-0.39, 0.29) is 24.3 Å². The van der Waals surface area contributed by atoms with Gasteiger partial charge in [0, 0.05) is 4.88 Å². The fraction of sp³-hybridized carbons (Fsp3) is 0.591. The van der Waals surface area contributed by atoms with E-state index in [0.29, 0.717) is 16.5 Å². The van der Waals surface area contributed by atoms with Crippen LogP contribution in [0.25, 0.3) is 0 Å². The Morgan fingerprint density at radius 3 is 2.48 bits per heavy atom. The number of aliphatic carboxylic acids is 1. The average molecular weight is 418 g/mol. The van der Waals surface area contributed by atoms with Crippen molar-refractivity contribution >= 4 is 34.2 Å². The minimum absolute atomic E-state index is 0.0678. The van der Waals surface area contributed by atoms with Gasteiger partial charge in [0.1, 0.15) is 5.00 Å². The Hall–Kier alpha value is -2.15. The fourth-order valence-electron chi connectivity index (χ4n) is 5.14. The highest BCUT2D eigenvalue weighted by atomic mass is 32.1. The molecule has 0 aliphatic heterocycles. The lowest BCUT2D eigenvalue weighted by atomic mass is 9.62. The van der Waals surface area contributed by atoms with Crippen LogP contribution < -0.4 is 5.32 Å². The normalized spacial score (nSPS) is 29.9. The van der Waals surface area contributed by atoms with Crippen LogP contribution in [0.5, 0.6) is 0 Å². The van der Waals surface area contributed by atoms with Gasteiger partial charge >= 0.3 is 11.9 Å². The molecule has 1 aromatic heterocycles. The molecule has 0 unspecified atom stereocenters. The molecule has 1 amide bonds. The van der Waals surface area contributed by atoms with Crippen molar-refractivity contribution in [2.75, 3.05) is 11.9 Å². The molecule has 0 spiro atoms. The number of allylic oxidation sites excluding steroid dienone is 2. The summed E-state index contributed by atoms with van der Waals surface area (Å²) in [6, 6.07) is 0. The van der Waals surface area contributed by atoms with Crippen LogP contribution in [0.2, 0.25) is 0 Å². The first-order valence-electron chi connectivity index (χ1n) is 10.4. The molecule has 4 aliphatic carbocycles. The van der Waals surface area contributed by atoms with Gasteiger partial charge in [-0.2, -0.15) is 0 Å². The topological polar surface area (TPSA) is 92.7 Å². The van der Waals surface area contributed by atoms with Gasteiger partial charge in [-0.25, -0.2) is 4.79 Å². The lowest BCUT2D eigenvalue weighted by Gasteiger charge is -2.41. The highest BCUT2D eigenvalue weighted by molar-refractivity contribution is 7.17. The number of nitrogens with one attached hydrogen (secondary N) is 1. The number of carboxylic acids is 1. The predicted molar refractivity (Wildman–Crippen MR) is 110 cm³/mol. The number of thiophene rings is 1. The molecule has 0 aromatic carbocycles. The molecule has 2 bridgehead atoms. The largest absolute Gasteiger partial charge is 0.481 e. The van der Waals surface area contributed by atoms with Gasteiger partial charge < -0.3 is 15.2 Å². The van der Waals surface area contributed by atoms with Crippen molar-refractivity contribution in [2.45, 2.75) is 46.0 Å². The molecule has 2 N–H and O–H groups in total. The van der Waals surface area contributed by atoms with E-state index in [9.17, 15) is 19.5 Å². The minimum atomic E-state index is -0.922. The summed E-state index contributed by atoms with van der Waals surface area (Å²) in [7, 11) is 0. The molecule has 5 atom stereocenters. The summed E-state index contributed by atoms with van der Waals surface area (Å²) in [4.78, 5) is 38.9. The van der Waals surface area contributed by atoms with Crippen LogP contribution in [0.1, 0.15) is 53.9 Å². The Morgan fingerprint density at radius 2 is 1.86 bits per heavy atom. The average Bonchev–Trinajstić information content (AvgIpc) is 3.04. The van der Waals surface area contributed by atoms with Crippen molar-refractivity contribution in [1.82, 2.24) is 0 Å². The Morgan fingerprint density at radius 1 is 1.17 bits per heavy atom. The Labute approximate surface area is 174 Å². The summed E-state index contributed by atoms with van der Waals surface area (Å²) in [5, 5.41) is 13.2. The first-order valence-corrected chi connectivity index (χ1v) is 11.3. The van der Waals surface area contributed by atoms with Crippen molar-refractivity contribution in [2.24, 2.45) is 29.6 Å². The maximum absolute atomic E-state index is 13.2. The van der Waals surface area contributed by atoms with Crippen LogP contribution >= 0.6 is 11.3 Å². The van der Waals surface area contributed by atoms with Crippen LogP contribution in [-0.2, 0) is 27.2 Å². The zero-order valence-electron chi connectivity index (χ0n) is 16.8. The fourth-order valence-corrected chi connectivity index (χ4v) is 6.54. The molecular weight excluding hydrogens is 390 g/mol. The second-order valence-electron chi connectivity index (χ2n) is 8.45. The van der Waals surface area contributed by atoms with Crippen molar-refractivity contribution in [1.29, 1.82) is 0 Å². The maximum Gasteiger partial charge on any atom is 0.341 e. The van der Waals surface area contributed by atoms with Crippen LogP contribution in [-0.4, -0.2) is 29.6 Å². The first-order chi connectivity index (χ1) is 13.9. The van der Waals surface area contributed by atoms with Crippen molar-refractivity contribution < 1.29 is 24.2 Å². The second kappa shape index (κ2) is 7.94. The lowest BCUT2D eigenvalue weighted by Crippen LogP contribution is -2.47. The summed E-state index contributed by atoms with van der Waals surface area (Å²) in [6.45, 7) is 4.22. The number of carbonyl (C=O) groups excluding carboxylic acids is 2. The van der Waals surface area contributed by atoms with E-state index in [4.69, 9.17) is 4.74 Å². The van der Waals surface area contributed by atoms with Crippen molar-refractivity contribution in [3.63, 3.8) is 0 Å². The molecule has 1 aromatic rings. The summed E-state index contributed by atoms with van der Waals surface area (Å²) in [5.41, 5.74) is 1.46. The van der Waals surface area contributed by atoms with Gasteiger partial charge in [0.15, 0.2) is 0 Å². The van der Waals surface area contributed by atoms with Crippen molar-refractivity contribution in [3.8, 4) is 0 Å². The van der Waals surface area contributed by atoms with Crippen LogP contribution in [0.15, 0.2) is 12.2 Å². The van der Waals surface area contributed by atoms with Gasteiger partial charge in [0.05, 0.1) is 24.0 Å². The van der Waals surface area contributed by atoms with Crippen LogP contribution in [0.3, 0.4) is 0 Å². The maximum atomic E-state index is 13.2. The van der Waals surface area contributed by atoms with E-state index in [1.165, 1.54) is 11.3 Å². The SMILES string of the molecule is CCOC(=O)c1c(NC(=O)[C@H]2[C@H](C(=O)O)[C@H]3C=C[C@H]2CC3)sc2c1CC[C@@H](C)C2. The molecule has 6 nitrogen and oxygen atoms in total. The Bertz CT molecular complexity index is 873. The number of esters is 1. The van der Waals surface area contributed by atoms with E-state index in [0.717, 1.165) is 42.5 Å². The van der Waals surface area contributed by atoms with Crippen molar-refractivity contribution in [3.05, 3.63) is 28.2 Å². The number of hydrogen-bond acceptors (Lipinski definition) is 5. The molecule has 0 radical (unpaired) electrons. The molecule has 1 fully saturated rings. The molecule has 0 saturated heterocycles. The smallest absolute Gasteiger partial charge is 0.341 e. The lowest BCUT2D eigenvalue weighted by molar-refractivity contribution is -0.151. The quantitative estimate of drug-likeness (QED) is 0.560.